The van der Waals surface area contributed by atoms with Gasteiger partial charge < -0.3 is 10.5 Å². The monoisotopic (exact) mass is 256 g/mol. The Labute approximate surface area is 109 Å². The zero-order valence-electron chi connectivity index (χ0n) is 9.67. The third-order valence-electron chi connectivity index (χ3n) is 2.71. The molecule has 90 valence electrons. The molecule has 0 fully saturated rings. The number of anilines is 1. The van der Waals surface area contributed by atoms with Gasteiger partial charge in [-0.1, -0.05) is 6.07 Å². The molecule has 0 radical (unpaired) electrons. The Morgan fingerprint density at radius 2 is 2.11 bits per heavy atom. The number of hydrogen-bond donors (Lipinski definition) is 1. The quantitative estimate of drug-likeness (QED) is 0.730. The molecule has 0 bridgehead atoms. The Morgan fingerprint density at radius 3 is 2.94 bits per heavy atom. The highest BCUT2D eigenvalue weighted by molar-refractivity contribution is 7.09. The summed E-state index contributed by atoms with van der Waals surface area (Å²) < 4.78 is 5.83. The molecule has 2 N–H and O–H groups in total. The average Bonchev–Trinajstić information content (AvgIpc) is 2.92. The molecule has 3 rings (SSSR count). The van der Waals surface area contributed by atoms with Gasteiger partial charge in [0.2, 0.25) is 0 Å². The van der Waals surface area contributed by atoms with Crippen LogP contribution in [0.1, 0.15) is 4.88 Å². The fourth-order valence-electron chi connectivity index (χ4n) is 1.84. The van der Waals surface area contributed by atoms with Gasteiger partial charge in [-0.15, -0.1) is 11.3 Å². The van der Waals surface area contributed by atoms with Gasteiger partial charge in [-0.2, -0.15) is 0 Å². The molecule has 18 heavy (non-hydrogen) atoms. The van der Waals surface area contributed by atoms with Gasteiger partial charge in [-0.3, -0.25) is 4.98 Å². The molecule has 0 aliphatic carbocycles. The number of ether oxygens (including phenoxy) is 1. The van der Waals surface area contributed by atoms with Crippen molar-refractivity contribution < 1.29 is 4.74 Å². The topological polar surface area (TPSA) is 48.1 Å². The van der Waals surface area contributed by atoms with Crippen LogP contribution in [-0.2, 0) is 6.61 Å². The highest BCUT2D eigenvalue weighted by atomic mass is 32.1. The van der Waals surface area contributed by atoms with E-state index in [0.29, 0.717) is 12.3 Å². The molecule has 2 aromatic heterocycles. The van der Waals surface area contributed by atoms with Gasteiger partial charge in [-0.25, -0.2) is 0 Å². The van der Waals surface area contributed by atoms with Crippen LogP contribution in [0.2, 0.25) is 0 Å². The zero-order chi connectivity index (χ0) is 12.4. The van der Waals surface area contributed by atoms with Crippen molar-refractivity contribution in [1.82, 2.24) is 4.98 Å². The number of nitrogens with zero attached hydrogens (tertiary/aromatic N) is 1. The molecule has 2 heterocycles. The third kappa shape index (κ3) is 2.02. The fraction of sp³-hybridized carbons (Fsp3) is 0.0714. The summed E-state index contributed by atoms with van der Waals surface area (Å²) in [6.45, 7) is 0.575. The van der Waals surface area contributed by atoms with Crippen LogP contribution in [0.15, 0.2) is 48.0 Å². The van der Waals surface area contributed by atoms with Crippen LogP contribution in [0, 0.1) is 0 Å². The molecule has 0 amide bonds. The van der Waals surface area contributed by atoms with E-state index in [1.54, 1.807) is 17.5 Å². The Kier molecular flexibility index (Phi) is 2.86. The van der Waals surface area contributed by atoms with Gasteiger partial charge in [0.1, 0.15) is 12.4 Å². The molecule has 0 aliphatic rings. The number of rotatable bonds is 3. The third-order valence-corrected chi connectivity index (χ3v) is 3.56. The van der Waals surface area contributed by atoms with Crippen molar-refractivity contribution in [2.75, 3.05) is 5.73 Å². The number of aromatic nitrogens is 1. The summed E-state index contributed by atoms with van der Waals surface area (Å²) in [4.78, 5) is 5.48. The standard InChI is InChI=1S/C14H12N2OS/c15-12-5-6-13(11-4-1-7-16-14(11)12)17-9-10-3-2-8-18-10/h1-8H,9,15H2. The van der Waals surface area contributed by atoms with E-state index in [0.717, 1.165) is 16.7 Å². The van der Waals surface area contributed by atoms with Crippen molar-refractivity contribution in [1.29, 1.82) is 0 Å². The molecule has 0 atom stereocenters. The smallest absolute Gasteiger partial charge is 0.129 e. The second-order valence-corrected chi connectivity index (χ2v) is 4.95. The summed E-state index contributed by atoms with van der Waals surface area (Å²) in [7, 11) is 0. The summed E-state index contributed by atoms with van der Waals surface area (Å²) in [5.41, 5.74) is 7.37. The number of nitrogens with two attached hydrogens (primary N) is 1. The fourth-order valence-corrected chi connectivity index (χ4v) is 2.45. The van der Waals surface area contributed by atoms with Crippen LogP contribution in [0.3, 0.4) is 0 Å². The van der Waals surface area contributed by atoms with Crippen molar-refractivity contribution in [3.05, 3.63) is 52.9 Å². The number of pyridine rings is 1. The van der Waals surface area contributed by atoms with Crippen LogP contribution in [0.25, 0.3) is 10.9 Å². The van der Waals surface area contributed by atoms with Crippen molar-refractivity contribution in [2.45, 2.75) is 6.61 Å². The van der Waals surface area contributed by atoms with E-state index in [2.05, 4.69) is 11.1 Å². The van der Waals surface area contributed by atoms with E-state index < -0.39 is 0 Å². The lowest BCUT2D eigenvalue weighted by molar-refractivity contribution is 0.313. The lowest BCUT2D eigenvalue weighted by atomic mass is 10.2. The normalized spacial score (nSPS) is 10.7. The second-order valence-electron chi connectivity index (χ2n) is 3.92. The van der Waals surface area contributed by atoms with Gasteiger partial charge in [-0.05, 0) is 35.7 Å². The largest absolute Gasteiger partial charge is 0.487 e. The highest BCUT2D eigenvalue weighted by Gasteiger charge is 2.06. The van der Waals surface area contributed by atoms with E-state index in [4.69, 9.17) is 10.5 Å². The van der Waals surface area contributed by atoms with Gasteiger partial charge in [0.15, 0.2) is 0 Å². The minimum atomic E-state index is 0.575. The van der Waals surface area contributed by atoms with Crippen LogP contribution >= 0.6 is 11.3 Å². The van der Waals surface area contributed by atoms with Crippen molar-refractivity contribution in [3.8, 4) is 5.75 Å². The van der Waals surface area contributed by atoms with Gasteiger partial charge in [0.05, 0.1) is 11.2 Å². The van der Waals surface area contributed by atoms with Crippen LogP contribution < -0.4 is 10.5 Å². The first-order valence-electron chi connectivity index (χ1n) is 5.63. The average molecular weight is 256 g/mol. The van der Waals surface area contributed by atoms with Gasteiger partial charge in [0.25, 0.3) is 0 Å². The Hall–Kier alpha value is -2.07. The van der Waals surface area contributed by atoms with Crippen molar-refractivity contribution >= 4 is 27.9 Å². The predicted octanol–water partition coefficient (Wildman–Crippen LogP) is 3.46. The minimum absolute atomic E-state index is 0.575. The molecule has 3 nitrogen and oxygen atoms in total. The van der Waals surface area contributed by atoms with Crippen LogP contribution in [-0.4, -0.2) is 4.98 Å². The lowest BCUT2D eigenvalue weighted by Crippen LogP contribution is -1.96. The Bertz CT molecular complexity index is 665. The molecule has 0 spiro atoms. The molecule has 0 unspecified atom stereocenters. The number of benzene rings is 1. The first-order valence-corrected chi connectivity index (χ1v) is 6.51. The number of thiophene rings is 1. The molecule has 0 saturated carbocycles. The summed E-state index contributed by atoms with van der Waals surface area (Å²) in [6.07, 6.45) is 1.74. The molecule has 3 aromatic rings. The summed E-state index contributed by atoms with van der Waals surface area (Å²) in [6, 6.07) is 11.7. The SMILES string of the molecule is Nc1ccc(OCc2cccs2)c2cccnc12. The molecule has 0 aliphatic heterocycles. The number of nitrogen functional groups attached to an aromatic ring is 1. The highest BCUT2D eigenvalue weighted by Crippen LogP contribution is 2.29. The van der Waals surface area contributed by atoms with Gasteiger partial charge >= 0.3 is 0 Å². The maximum atomic E-state index is 5.90. The van der Waals surface area contributed by atoms with E-state index >= 15 is 0 Å². The Balaban J connectivity index is 1.94. The minimum Gasteiger partial charge on any atom is -0.487 e. The zero-order valence-corrected chi connectivity index (χ0v) is 10.5. The first-order chi connectivity index (χ1) is 8.84. The van der Waals surface area contributed by atoms with E-state index in [9.17, 15) is 0 Å². The van der Waals surface area contributed by atoms with Crippen molar-refractivity contribution in [2.24, 2.45) is 0 Å². The second kappa shape index (κ2) is 4.66. The predicted molar refractivity (Wildman–Crippen MR) is 74.8 cm³/mol. The van der Waals surface area contributed by atoms with Crippen LogP contribution in [0.5, 0.6) is 5.75 Å². The molecule has 0 saturated heterocycles. The molecular formula is C14H12N2OS. The Morgan fingerprint density at radius 1 is 1.17 bits per heavy atom. The molecule has 1 aromatic carbocycles. The maximum absolute atomic E-state index is 5.90. The van der Waals surface area contributed by atoms with E-state index in [1.165, 1.54) is 4.88 Å². The van der Waals surface area contributed by atoms with Crippen molar-refractivity contribution in [3.63, 3.8) is 0 Å². The summed E-state index contributed by atoms with van der Waals surface area (Å²) in [5, 5.41) is 3.00. The van der Waals surface area contributed by atoms with E-state index in [-0.39, 0.29) is 0 Å². The first kappa shape index (κ1) is 11.0. The lowest BCUT2D eigenvalue weighted by Gasteiger charge is -2.09. The van der Waals surface area contributed by atoms with E-state index in [1.807, 2.05) is 35.7 Å². The summed E-state index contributed by atoms with van der Waals surface area (Å²) >= 11 is 1.69. The van der Waals surface area contributed by atoms with Gasteiger partial charge in [0, 0.05) is 16.5 Å². The molecular weight excluding hydrogens is 244 g/mol. The molecule has 4 heteroatoms. The summed E-state index contributed by atoms with van der Waals surface area (Å²) in [5.74, 6) is 0.820. The number of fused-ring (bicyclic) bond motifs is 1. The maximum Gasteiger partial charge on any atom is 0.129 e. The van der Waals surface area contributed by atoms with Crippen LogP contribution in [0.4, 0.5) is 5.69 Å². The number of hydrogen-bond acceptors (Lipinski definition) is 4.